The zero-order valence-electron chi connectivity index (χ0n) is 10.0. The summed E-state index contributed by atoms with van der Waals surface area (Å²) in [7, 11) is -10.3. The minimum absolute atomic E-state index is 0.152. The van der Waals surface area contributed by atoms with Gasteiger partial charge >= 0.3 is 20.6 Å². The maximum absolute atomic E-state index is 11.1. The van der Waals surface area contributed by atoms with Gasteiger partial charge in [0.1, 0.15) is 0 Å². The molecule has 10 heteroatoms. The molecule has 0 heterocycles. The largest absolute Gasteiger partial charge is 0.383 e. The molecular formula is C9H14N2O6S2. The molecule has 0 saturated carbocycles. The van der Waals surface area contributed by atoms with Crippen LogP contribution in [0.15, 0.2) is 24.3 Å². The molecule has 0 atom stereocenters. The summed E-state index contributed by atoms with van der Waals surface area (Å²) in [6.07, 6.45) is 0.714. The summed E-state index contributed by atoms with van der Waals surface area (Å²) in [5.41, 5.74) is -0.236. The van der Waals surface area contributed by atoms with E-state index in [1.165, 1.54) is 12.1 Å². The monoisotopic (exact) mass is 310 g/mol. The van der Waals surface area contributed by atoms with Crippen LogP contribution in [0.4, 0.5) is 11.4 Å². The third-order valence-corrected chi connectivity index (χ3v) is 4.45. The molecule has 0 amide bonds. The van der Waals surface area contributed by atoms with E-state index in [1.807, 2.05) is 6.92 Å². The summed E-state index contributed by atoms with van der Waals surface area (Å²) < 4.78 is 61.9. The second-order valence-corrected chi connectivity index (χ2v) is 6.35. The van der Waals surface area contributed by atoms with E-state index in [0.29, 0.717) is 13.0 Å². The van der Waals surface area contributed by atoms with Crippen molar-refractivity contribution < 1.29 is 25.9 Å². The molecule has 0 saturated heterocycles. The first kappa shape index (κ1) is 15.7. The highest BCUT2D eigenvalue weighted by Gasteiger charge is 2.33. The van der Waals surface area contributed by atoms with Gasteiger partial charge in [0, 0.05) is 6.54 Å². The molecule has 1 aromatic carbocycles. The van der Waals surface area contributed by atoms with Crippen LogP contribution in [0.25, 0.3) is 0 Å². The lowest BCUT2D eigenvalue weighted by Crippen LogP contribution is -2.36. The van der Waals surface area contributed by atoms with E-state index >= 15 is 0 Å². The van der Waals surface area contributed by atoms with Gasteiger partial charge in [-0.05, 0) is 18.6 Å². The van der Waals surface area contributed by atoms with E-state index in [2.05, 4.69) is 5.32 Å². The molecule has 0 unspecified atom stereocenters. The van der Waals surface area contributed by atoms with E-state index in [4.69, 9.17) is 9.11 Å². The van der Waals surface area contributed by atoms with Crippen LogP contribution >= 0.6 is 0 Å². The summed E-state index contributed by atoms with van der Waals surface area (Å²) in [5, 5.41) is 2.79. The maximum Gasteiger partial charge on any atom is 0.375 e. The molecule has 0 fully saturated rings. The van der Waals surface area contributed by atoms with Gasteiger partial charge in [-0.2, -0.15) is 16.8 Å². The highest BCUT2D eigenvalue weighted by atomic mass is 32.3. The molecule has 1 rings (SSSR count). The van der Waals surface area contributed by atoms with E-state index in [-0.39, 0.29) is 11.4 Å². The average Bonchev–Trinajstić information content (AvgIpc) is 2.24. The fourth-order valence-corrected chi connectivity index (χ4v) is 3.18. The van der Waals surface area contributed by atoms with Crippen molar-refractivity contribution in [1.82, 2.24) is 0 Å². The van der Waals surface area contributed by atoms with E-state index in [0.717, 1.165) is 6.07 Å². The predicted molar refractivity (Wildman–Crippen MR) is 70.8 cm³/mol. The van der Waals surface area contributed by atoms with Crippen LogP contribution in [0.5, 0.6) is 0 Å². The highest BCUT2D eigenvalue weighted by molar-refractivity contribution is 8.05. The lowest BCUT2D eigenvalue weighted by molar-refractivity contribution is 0.466. The number of anilines is 2. The van der Waals surface area contributed by atoms with Crippen LogP contribution in [0.1, 0.15) is 13.3 Å². The molecule has 0 aromatic heterocycles. The van der Waals surface area contributed by atoms with Crippen LogP contribution < -0.4 is 9.03 Å². The third kappa shape index (κ3) is 4.06. The molecule has 0 aliphatic rings. The third-order valence-electron chi connectivity index (χ3n) is 2.09. The molecule has 19 heavy (non-hydrogen) atoms. The first-order chi connectivity index (χ1) is 8.68. The van der Waals surface area contributed by atoms with Gasteiger partial charge in [0.2, 0.25) is 0 Å². The number of nitrogens with one attached hydrogen (secondary N) is 1. The summed E-state index contributed by atoms with van der Waals surface area (Å²) in [4.78, 5) is 0. The van der Waals surface area contributed by atoms with Crippen molar-refractivity contribution in [3.8, 4) is 0 Å². The van der Waals surface area contributed by atoms with Crippen molar-refractivity contribution in [1.29, 1.82) is 0 Å². The van der Waals surface area contributed by atoms with Gasteiger partial charge in [0.05, 0.1) is 11.4 Å². The van der Waals surface area contributed by atoms with Crippen LogP contribution in [0, 0.1) is 0 Å². The van der Waals surface area contributed by atoms with Crippen LogP contribution in [-0.4, -0.2) is 32.5 Å². The topological polar surface area (TPSA) is 124 Å². The second-order valence-electron chi connectivity index (χ2n) is 3.60. The minimum Gasteiger partial charge on any atom is -0.383 e. The van der Waals surface area contributed by atoms with Crippen molar-refractivity contribution in [3.05, 3.63) is 24.3 Å². The Kier molecular flexibility index (Phi) is 4.74. The van der Waals surface area contributed by atoms with E-state index in [9.17, 15) is 16.8 Å². The van der Waals surface area contributed by atoms with Gasteiger partial charge in [-0.3, -0.25) is 9.11 Å². The molecule has 8 nitrogen and oxygen atoms in total. The average molecular weight is 310 g/mol. The predicted octanol–water partition coefficient (Wildman–Crippen LogP) is 0.921. The Hall–Kier alpha value is -1.36. The summed E-state index contributed by atoms with van der Waals surface area (Å²) in [6, 6.07) is 5.48. The SMILES string of the molecule is CCCNc1ccccc1N(S(=O)(=O)O)S(=O)(=O)O. The second kappa shape index (κ2) is 5.74. The van der Waals surface area contributed by atoms with Crippen molar-refractivity contribution in [2.24, 2.45) is 0 Å². The summed E-state index contributed by atoms with van der Waals surface area (Å²) >= 11 is 0. The number of rotatable bonds is 6. The molecule has 0 aliphatic carbocycles. The smallest absolute Gasteiger partial charge is 0.375 e. The number of para-hydroxylation sites is 2. The molecule has 0 aliphatic heterocycles. The Morgan fingerprint density at radius 1 is 1.11 bits per heavy atom. The summed E-state index contributed by atoms with van der Waals surface area (Å²) in [5.74, 6) is 0. The zero-order chi connectivity index (χ0) is 14.7. The number of nitrogens with zero attached hydrogens (tertiary/aromatic N) is 1. The zero-order valence-corrected chi connectivity index (χ0v) is 11.6. The molecule has 0 spiro atoms. The number of hydrogen-bond donors (Lipinski definition) is 3. The maximum atomic E-state index is 11.1. The Morgan fingerprint density at radius 3 is 2.11 bits per heavy atom. The Morgan fingerprint density at radius 2 is 1.63 bits per heavy atom. The first-order valence-corrected chi connectivity index (χ1v) is 8.05. The van der Waals surface area contributed by atoms with Crippen LogP contribution in [0.3, 0.4) is 0 Å². The van der Waals surface area contributed by atoms with Gasteiger partial charge in [0.25, 0.3) is 0 Å². The summed E-state index contributed by atoms with van der Waals surface area (Å²) in [6.45, 7) is 2.32. The van der Waals surface area contributed by atoms with E-state index in [1.54, 1.807) is 6.07 Å². The standard InChI is InChI=1S/C9H14N2O6S2/c1-2-7-10-8-5-3-4-6-9(8)11(18(12,13)14)19(15,16)17/h3-6,10H,2,7H2,1H3,(H,12,13,14)(H,15,16,17). The normalized spacial score (nSPS) is 12.2. The minimum atomic E-state index is -5.17. The van der Waals surface area contributed by atoms with Gasteiger partial charge in [-0.1, -0.05) is 19.1 Å². The van der Waals surface area contributed by atoms with Crippen molar-refractivity contribution in [3.63, 3.8) is 0 Å². The van der Waals surface area contributed by atoms with Crippen LogP contribution in [0.2, 0.25) is 0 Å². The fraction of sp³-hybridized carbons (Fsp3) is 0.333. The first-order valence-electron chi connectivity index (χ1n) is 5.26. The molecule has 1 aromatic rings. The van der Waals surface area contributed by atoms with Crippen molar-refractivity contribution >= 4 is 32.0 Å². The van der Waals surface area contributed by atoms with Crippen molar-refractivity contribution in [2.75, 3.05) is 15.6 Å². The van der Waals surface area contributed by atoms with Gasteiger partial charge in [-0.25, -0.2) is 0 Å². The van der Waals surface area contributed by atoms with Gasteiger partial charge in [-0.15, -0.1) is 3.71 Å². The van der Waals surface area contributed by atoms with Crippen molar-refractivity contribution in [2.45, 2.75) is 13.3 Å². The van der Waals surface area contributed by atoms with Crippen LogP contribution in [-0.2, 0) is 20.6 Å². The Labute approximate surface area is 111 Å². The van der Waals surface area contributed by atoms with Gasteiger partial charge < -0.3 is 5.32 Å². The molecule has 0 radical (unpaired) electrons. The lowest BCUT2D eigenvalue weighted by Gasteiger charge is -2.20. The number of hydrogen-bond acceptors (Lipinski definition) is 5. The molecule has 0 bridgehead atoms. The van der Waals surface area contributed by atoms with E-state index < -0.39 is 24.3 Å². The van der Waals surface area contributed by atoms with Gasteiger partial charge in [0.15, 0.2) is 0 Å². The molecular weight excluding hydrogens is 296 g/mol. The number of benzene rings is 1. The Balaban J connectivity index is 3.40. The highest BCUT2D eigenvalue weighted by Crippen LogP contribution is 2.29. The Bertz CT molecular complexity index is 608. The lowest BCUT2D eigenvalue weighted by atomic mass is 10.2. The molecule has 3 N–H and O–H groups in total. The quantitative estimate of drug-likeness (QED) is 0.667. The fourth-order valence-electron chi connectivity index (χ4n) is 1.41. The molecule has 108 valence electrons.